The van der Waals surface area contributed by atoms with E-state index < -0.39 is 23.4 Å². The molecule has 0 aromatic heterocycles. The number of hydrogen-bond donors (Lipinski definition) is 0. The zero-order chi connectivity index (χ0) is 22.4. The lowest BCUT2D eigenvalue weighted by Crippen LogP contribution is -2.31. The fourth-order valence-corrected chi connectivity index (χ4v) is 5.68. The van der Waals surface area contributed by atoms with Gasteiger partial charge in [-0.2, -0.15) is 13.2 Å². The molecule has 0 N–H and O–H groups in total. The van der Waals surface area contributed by atoms with Crippen LogP contribution in [0.5, 0.6) is 0 Å². The van der Waals surface area contributed by atoms with E-state index in [1.165, 1.54) is 64.2 Å². The smallest absolute Gasteiger partial charge is 0.206 e. The number of halogens is 5. The van der Waals surface area contributed by atoms with Crippen LogP contribution in [0.15, 0.2) is 12.1 Å². The molecule has 0 radical (unpaired) electrons. The van der Waals surface area contributed by atoms with Crippen LogP contribution in [0.2, 0.25) is 0 Å². The number of unbranched alkanes of at least 4 members (excludes halogenated alkanes) is 2. The van der Waals surface area contributed by atoms with Crippen molar-refractivity contribution in [1.29, 1.82) is 0 Å². The lowest BCUT2D eigenvalue weighted by Gasteiger charge is -2.42. The number of fused-ring (bicyclic) bond motifs is 1. The third-order valence-corrected chi connectivity index (χ3v) is 7.32. The summed E-state index contributed by atoms with van der Waals surface area (Å²) in [7, 11) is 0. The molecular formula is C26H33F5. The predicted molar refractivity (Wildman–Crippen MR) is 113 cm³/mol. The van der Waals surface area contributed by atoms with Crippen LogP contribution in [0.1, 0.15) is 88.7 Å². The van der Waals surface area contributed by atoms with Gasteiger partial charge in [-0.05, 0) is 79.9 Å². The summed E-state index contributed by atoms with van der Waals surface area (Å²) < 4.78 is 64.8. The van der Waals surface area contributed by atoms with Crippen LogP contribution in [0.25, 0.3) is 0 Å². The third kappa shape index (κ3) is 7.22. The van der Waals surface area contributed by atoms with Crippen molar-refractivity contribution >= 4 is 0 Å². The van der Waals surface area contributed by atoms with Crippen molar-refractivity contribution in [1.82, 2.24) is 0 Å². The summed E-state index contributed by atoms with van der Waals surface area (Å²) in [6, 6.07) is 2.27. The molecule has 3 rings (SSSR count). The van der Waals surface area contributed by atoms with E-state index >= 15 is 0 Å². The van der Waals surface area contributed by atoms with Crippen molar-refractivity contribution in [3.8, 4) is 11.8 Å². The maximum absolute atomic E-state index is 14.1. The first-order valence-electron chi connectivity index (χ1n) is 11.8. The minimum atomic E-state index is -4.77. The van der Waals surface area contributed by atoms with Crippen LogP contribution >= 0.6 is 0 Å². The molecule has 2 fully saturated rings. The van der Waals surface area contributed by atoms with Gasteiger partial charge < -0.3 is 0 Å². The van der Waals surface area contributed by atoms with E-state index in [1.807, 2.05) is 0 Å². The molecule has 0 bridgehead atoms. The summed E-state index contributed by atoms with van der Waals surface area (Å²) in [5, 5.41) is 0. The highest BCUT2D eigenvalue weighted by molar-refractivity contribution is 5.40. The number of hydrogen-bond acceptors (Lipinski definition) is 0. The van der Waals surface area contributed by atoms with Crippen molar-refractivity contribution in [2.45, 2.75) is 90.1 Å². The van der Waals surface area contributed by atoms with Gasteiger partial charge >= 0.3 is 6.18 Å². The molecule has 31 heavy (non-hydrogen) atoms. The first-order valence-corrected chi connectivity index (χ1v) is 11.8. The Morgan fingerprint density at radius 1 is 0.871 bits per heavy atom. The quantitative estimate of drug-likeness (QED) is 0.228. The summed E-state index contributed by atoms with van der Waals surface area (Å²) in [5.74, 6) is 3.58. The molecule has 5 heteroatoms. The average molecular weight is 441 g/mol. The summed E-state index contributed by atoms with van der Waals surface area (Å²) in [4.78, 5) is 0. The Hall–Kier alpha value is -1.57. The van der Waals surface area contributed by atoms with Gasteiger partial charge in [-0.3, -0.25) is 0 Å². The molecule has 1 aromatic carbocycles. The molecule has 2 saturated carbocycles. The molecule has 0 amide bonds. The van der Waals surface area contributed by atoms with E-state index in [-0.39, 0.29) is 0 Å². The maximum atomic E-state index is 14.1. The molecule has 2 aliphatic carbocycles. The first kappa shape index (κ1) is 24.1. The molecule has 0 spiro atoms. The molecule has 172 valence electrons. The van der Waals surface area contributed by atoms with Crippen molar-refractivity contribution < 1.29 is 22.0 Å². The lowest BCUT2D eigenvalue weighted by molar-refractivity contribution is -0.0696. The van der Waals surface area contributed by atoms with Gasteiger partial charge in [0.15, 0.2) is 0 Å². The maximum Gasteiger partial charge on any atom is 0.458 e. The van der Waals surface area contributed by atoms with E-state index in [1.54, 1.807) is 5.92 Å². The Morgan fingerprint density at radius 2 is 1.45 bits per heavy atom. The van der Waals surface area contributed by atoms with Gasteiger partial charge in [-0.1, -0.05) is 51.4 Å². The SMILES string of the molecule is CCCCCC1CCC2CC(CCc3cc(F)c(C#CC(F)(F)F)c(F)c3)CCC2C1. The van der Waals surface area contributed by atoms with Gasteiger partial charge in [0.1, 0.15) is 11.6 Å². The fourth-order valence-electron chi connectivity index (χ4n) is 5.68. The third-order valence-electron chi connectivity index (χ3n) is 7.32. The van der Waals surface area contributed by atoms with E-state index in [9.17, 15) is 22.0 Å². The van der Waals surface area contributed by atoms with Crippen LogP contribution in [-0.2, 0) is 6.42 Å². The van der Waals surface area contributed by atoms with Crippen LogP contribution in [0.4, 0.5) is 22.0 Å². The van der Waals surface area contributed by atoms with Crippen molar-refractivity contribution in [3.63, 3.8) is 0 Å². The lowest BCUT2D eigenvalue weighted by atomic mass is 9.63. The van der Waals surface area contributed by atoms with Crippen LogP contribution in [0.3, 0.4) is 0 Å². The second-order valence-corrected chi connectivity index (χ2v) is 9.59. The number of rotatable bonds is 7. The van der Waals surface area contributed by atoms with Crippen LogP contribution in [0, 0.1) is 47.1 Å². The summed E-state index contributed by atoms with van der Waals surface area (Å²) in [6.07, 6.45) is 9.64. The zero-order valence-corrected chi connectivity index (χ0v) is 18.3. The molecule has 1 aromatic rings. The minimum absolute atomic E-state index is 0.495. The van der Waals surface area contributed by atoms with E-state index in [0.29, 0.717) is 17.9 Å². The van der Waals surface area contributed by atoms with Gasteiger partial charge in [0.05, 0.1) is 5.56 Å². The Balaban J connectivity index is 1.50. The topological polar surface area (TPSA) is 0 Å². The van der Waals surface area contributed by atoms with Crippen LogP contribution < -0.4 is 0 Å². The average Bonchev–Trinajstić information content (AvgIpc) is 2.71. The van der Waals surface area contributed by atoms with E-state index in [4.69, 9.17) is 0 Å². The standard InChI is InChI=1S/C26H33F5/c1-2-3-4-5-18-8-10-22-15-19(9-11-21(22)14-18)6-7-20-16-24(27)23(25(28)17-20)12-13-26(29,30)31/h16-19,21-22H,2-11,14-15H2,1H3. The van der Waals surface area contributed by atoms with Gasteiger partial charge in [0.25, 0.3) is 0 Å². The Labute approximate surface area is 183 Å². The second kappa shape index (κ2) is 10.8. The summed E-state index contributed by atoms with van der Waals surface area (Å²) >= 11 is 0. The van der Waals surface area contributed by atoms with Crippen molar-refractivity contribution in [3.05, 3.63) is 34.9 Å². The van der Waals surface area contributed by atoms with Gasteiger partial charge in [-0.25, -0.2) is 8.78 Å². The second-order valence-electron chi connectivity index (χ2n) is 9.59. The van der Waals surface area contributed by atoms with Gasteiger partial charge in [-0.15, -0.1) is 0 Å². The highest BCUT2D eigenvalue weighted by Crippen LogP contribution is 2.46. The first-order chi connectivity index (χ1) is 14.7. The minimum Gasteiger partial charge on any atom is -0.206 e. The van der Waals surface area contributed by atoms with Crippen molar-refractivity contribution in [2.24, 2.45) is 23.7 Å². The van der Waals surface area contributed by atoms with E-state index in [0.717, 1.165) is 42.2 Å². The fraction of sp³-hybridized carbons (Fsp3) is 0.692. The molecule has 0 aliphatic heterocycles. The largest absolute Gasteiger partial charge is 0.458 e. The Kier molecular flexibility index (Phi) is 8.42. The number of aryl methyl sites for hydroxylation is 1. The Bertz CT molecular complexity index is 762. The van der Waals surface area contributed by atoms with Crippen molar-refractivity contribution in [2.75, 3.05) is 0 Å². The zero-order valence-electron chi connectivity index (χ0n) is 18.3. The van der Waals surface area contributed by atoms with Gasteiger partial charge in [0.2, 0.25) is 0 Å². The Morgan fingerprint density at radius 3 is 2.00 bits per heavy atom. The molecule has 4 atom stereocenters. The van der Waals surface area contributed by atoms with Crippen LogP contribution in [-0.4, -0.2) is 6.18 Å². The normalized spacial score (nSPS) is 26.1. The molecular weight excluding hydrogens is 407 g/mol. The molecule has 0 nitrogen and oxygen atoms in total. The molecule has 0 saturated heterocycles. The highest BCUT2D eigenvalue weighted by atomic mass is 19.4. The predicted octanol–water partition coefficient (Wildman–Crippen LogP) is 8.22. The molecule has 0 heterocycles. The number of benzene rings is 1. The number of alkyl halides is 3. The van der Waals surface area contributed by atoms with E-state index in [2.05, 4.69) is 6.92 Å². The molecule has 2 aliphatic rings. The monoisotopic (exact) mass is 440 g/mol. The van der Waals surface area contributed by atoms with Gasteiger partial charge in [0, 0.05) is 5.92 Å². The summed E-state index contributed by atoms with van der Waals surface area (Å²) in [5.41, 5.74) is -0.313. The highest BCUT2D eigenvalue weighted by Gasteiger charge is 2.35. The summed E-state index contributed by atoms with van der Waals surface area (Å²) in [6.45, 7) is 2.25. The molecule has 4 unspecified atom stereocenters.